The molecule has 0 unspecified atom stereocenters. The lowest BCUT2D eigenvalue weighted by molar-refractivity contribution is 0.0636. The average molecular weight is 381 g/mol. The highest BCUT2D eigenvalue weighted by Crippen LogP contribution is 2.33. The Balaban J connectivity index is 1.42. The Kier molecular flexibility index (Phi) is 4.98. The summed E-state index contributed by atoms with van der Waals surface area (Å²) in [5.41, 5.74) is 3.34. The third kappa shape index (κ3) is 4.44. The molecule has 6 nitrogen and oxygen atoms in total. The van der Waals surface area contributed by atoms with Crippen molar-refractivity contribution in [2.24, 2.45) is 5.92 Å². The van der Waals surface area contributed by atoms with E-state index in [1.165, 1.54) is 31.5 Å². The zero-order chi connectivity index (χ0) is 19.7. The molecule has 0 radical (unpaired) electrons. The second-order valence-corrected chi connectivity index (χ2v) is 8.59. The molecule has 0 saturated carbocycles. The number of piperidine rings is 3. The molecule has 0 atom stereocenters. The summed E-state index contributed by atoms with van der Waals surface area (Å²) in [7, 11) is 0. The zero-order valence-electron chi connectivity index (χ0n) is 16.7. The Labute approximate surface area is 165 Å². The number of nitrogens with zero attached hydrogens (tertiary/aromatic N) is 2. The van der Waals surface area contributed by atoms with Crippen LogP contribution >= 0.6 is 0 Å². The van der Waals surface area contributed by atoms with E-state index >= 15 is 0 Å². The van der Waals surface area contributed by atoms with E-state index in [9.17, 15) is 4.79 Å². The van der Waals surface area contributed by atoms with Crippen molar-refractivity contribution in [3.63, 3.8) is 0 Å². The van der Waals surface area contributed by atoms with E-state index in [-0.39, 0.29) is 0 Å². The third-order valence-corrected chi connectivity index (χ3v) is 5.20. The van der Waals surface area contributed by atoms with Crippen LogP contribution in [0.1, 0.15) is 39.4 Å². The zero-order valence-corrected chi connectivity index (χ0v) is 16.7. The molecule has 2 aromatic rings. The van der Waals surface area contributed by atoms with Gasteiger partial charge in [-0.1, -0.05) is 17.3 Å². The first-order valence-corrected chi connectivity index (χ1v) is 9.86. The molecule has 6 heteroatoms. The minimum atomic E-state index is -0.523. The quantitative estimate of drug-likeness (QED) is 0.827. The van der Waals surface area contributed by atoms with Gasteiger partial charge < -0.3 is 9.26 Å². The lowest BCUT2D eigenvalue weighted by atomic mass is 9.83. The van der Waals surface area contributed by atoms with E-state index in [0.717, 1.165) is 23.6 Å². The number of hydrogen-bond acceptors (Lipinski definition) is 5. The molecular formula is C22H27N3O3. The van der Waals surface area contributed by atoms with Gasteiger partial charge in [-0.05, 0) is 76.4 Å². The van der Waals surface area contributed by atoms with Crippen molar-refractivity contribution in [1.82, 2.24) is 10.1 Å². The van der Waals surface area contributed by atoms with E-state index in [4.69, 9.17) is 9.26 Å². The Hall–Kier alpha value is -2.60. The normalized spacial score (nSPS) is 23.0. The molecule has 0 aliphatic carbocycles. The highest BCUT2D eigenvalue weighted by molar-refractivity contribution is 5.85. The topological polar surface area (TPSA) is 67.6 Å². The number of benzene rings is 1. The maximum atomic E-state index is 11.9. The number of carbonyl (C=O) groups is 1. The predicted octanol–water partition coefficient (Wildman–Crippen LogP) is 4.80. The SMILES string of the molecule is CC(C)(C)OC(=O)Nc1ccc(-c2cc(/C=C3\CN4CCC3CC4)on2)cc1. The number of nitrogens with one attached hydrogen (secondary N) is 1. The van der Waals surface area contributed by atoms with Crippen LogP contribution in [0.5, 0.6) is 0 Å². The highest BCUT2D eigenvalue weighted by Gasteiger charge is 2.29. The fourth-order valence-electron chi connectivity index (χ4n) is 3.83. The summed E-state index contributed by atoms with van der Waals surface area (Å²) < 4.78 is 10.8. The Bertz CT molecular complexity index is 869. The van der Waals surface area contributed by atoms with Crippen molar-refractivity contribution >= 4 is 17.9 Å². The van der Waals surface area contributed by atoms with Gasteiger partial charge in [0.25, 0.3) is 0 Å². The molecule has 4 heterocycles. The molecule has 148 valence electrons. The average Bonchev–Trinajstić information content (AvgIpc) is 3.10. The van der Waals surface area contributed by atoms with Gasteiger partial charge in [-0.25, -0.2) is 4.79 Å². The predicted molar refractivity (Wildman–Crippen MR) is 109 cm³/mol. The molecule has 1 amide bonds. The van der Waals surface area contributed by atoms with Gasteiger partial charge in [0.1, 0.15) is 11.3 Å². The van der Waals surface area contributed by atoms with Gasteiger partial charge in [0.2, 0.25) is 0 Å². The van der Waals surface area contributed by atoms with Crippen LogP contribution in [-0.4, -0.2) is 41.4 Å². The van der Waals surface area contributed by atoms with E-state index in [2.05, 4.69) is 21.4 Å². The number of carbonyl (C=O) groups excluding carboxylic acids is 1. The molecule has 3 aliphatic rings. The number of amides is 1. The first-order valence-electron chi connectivity index (χ1n) is 9.86. The fourth-order valence-corrected chi connectivity index (χ4v) is 3.83. The van der Waals surface area contributed by atoms with Crippen molar-refractivity contribution in [2.75, 3.05) is 25.0 Å². The second-order valence-electron chi connectivity index (χ2n) is 8.59. The molecule has 1 N–H and O–H groups in total. The van der Waals surface area contributed by atoms with Crippen LogP contribution in [0.4, 0.5) is 10.5 Å². The summed E-state index contributed by atoms with van der Waals surface area (Å²) in [5.74, 6) is 1.49. The van der Waals surface area contributed by atoms with Crippen molar-refractivity contribution in [1.29, 1.82) is 0 Å². The van der Waals surface area contributed by atoms with Crippen LogP contribution in [-0.2, 0) is 4.74 Å². The van der Waals surface area contributed by atoms with Crippen molar-refractivity contribution < 1.29 is 14.1 Å². The van der Waals surface area contributed by atoms with Gasteiger partial charge >= 0.3 is 6.09 Å². The van der Waals surface area contributed by atoms with Crippen molar-refractivity contribution in [3.8, 4) is 11.3 Å². The van der Waals surface area contributed by atoms with Crippen molar-refractivity contribution in [3.05, 3.63) is 41.7 Å². The lowest BCUT2D eigenvalue weighted by Gasteiger charge is -2.40. The summed E-state index contributed by atoms with van der Waals surface area (Å²) in [6.07, 6.45) is 4.19. The van der Waals surface area contributed by atoms with Gasteiger partial charge in [-0.15, -0.1) is 0 Å². The maximum absolute atomic E-state index is 11.9. The van der Waals surface area contributed by atoms with Gasteiger partial charge in [0.05, 0.1) is 0 Å². The second kappa shape index (κ2) is 7.43. The van der Waals surface area contributed by atoms with E-state index < -0.39 is 11.7 Å². The number of hydrogen-bond donors (Lipinski definition) is 1. The van der Waals surface area contributed by atoms with Gasteiger partial charge in [0, 0.05) is 23.9 Å². The molecule has 1 aromatic carbocycles. The number of anilines is 1. The van der Waals surface area contributed by atoms with E-state index in [1.807, 2.05) is 51.1 Å². The van der Waals surface area contributed by atoms with Gasteiger partial charge in [0.15, 0.2) is 5.76 Å². The molecule has 3 fully saturated rings. The fraction of sp³-hybridized carbons (Fsp3) is 0.455. The molecule has 1 aromatic heterocycles. The van der Waals surface area contributed by atoms with Gasteiger partial charge in [-0.3, -0.25) is 10.2 Å². The summed E-state index contributed by atoms with van der Waals surface area (Å²) in [6.45, 7) is 8.99. The highest BCUT2D eigenvalue weighted by atomic mass is 16.6. The van der Waals surface area contributed by atoms with E-state index in [1.54, 1.807) is 0 Å². The largest absolute Gasteiger partial charge is 0.444 e. The smallest absolute Gasteiger partial charge is 0.412 e. The third-order valence-electron chi connectivity index (χ3n) is 5.20. The van der Waals surface area contributed by atoms with E-state index in [0.29, 0.717) is 11.6 Å². The van der Waals surface area contributed by atoms with Crippen LogP contribution in [0, 0.1) is 5.92 Å². The maximum Gasteiger partial charge on any atom is 0.412 e. The Morgan fingerprint density at radius 3 is 2.57 bits per heavy atom. The summed E-state index contributed by atoms with van der Waals surface area (Å²) in [6, 6.07) is 9.46. The summed E-state index contributed by atoms with van der Waals surface area (Å²) in [4.78, 5) is 14.4. The summed E-state index contributed by atoms with van der Waals surface area (Å²) in [5, 5.41) is 6.94. The van der Waals surface area contributed by atoms with Crippen LogP contribution in [0.2, 0.25) is 0 Å². The Morgan fingerprint density at radius 1 is 1.25 bits per heavy atom. The lowest BCUT2D eigenvalue weighted by Crippen LogP contribution is -2.42. The summed E-state index contributed by atoms with van der Waals surface area (Å²) >= 11 is 0. The molecule has 5 rings (SSSR count). The van der Waals surface area contributed by atoms with Crippen LogP contribution in [0.3, 0.4) is 0 Å². The molecule has 2 bridgehead atoms. The van der Waals surface area contributed by atoms with Crippen LogP contribution < -0.4 is 5.32 Å². The molecule has 28 heavy (non-hydrogen) atoms. The first-order chi connectivity index (χ1) is 13.4. The van der Waals surface area contributed by atoms with Crippen molar-refractivity contribution in [2.45, 2.75) is 39.2 Å². The number of aromatic nitrogens is 1. The Morgan fingerprint density at radius 2 is 1.96 bits per heavy atom. The molecule has 3 saturated heterocycles. The monoisotopic (exact) mass is 381 g/mol. The minimum absolute atomic E-state index is 0.465. The minimum Gasteiger partial charge on any atom is -0.444 e. The van der Waals surface area contributed by atoms with Crippen LogP contribution in [0.25, 0.3) is 17.3 Å². The molecule has 0 spiro atoms. The standard InChI is InChI=1S/C22H27N3O3/c1-22(2,3)27-21(26)23-18-6-4-16(5-7-18)20-13-19(28-24-20)12-17-14-25-10-8-15(17)9-11-25/h4-7,12-13,15H,8-11,14H2,1-3H3,(H,23,26)/b17-12+. The number of ether oxygens (including phenoxy) is 1. The molecule has 3 aliphatic heterocycles. The molecular weight excluding hydrogens is 354 g/mol. The number of fused-ring (bicyclic) bond motifs is 3. The first kappa shape index (κ1) is 18.7. The van der Waals surface area contributed by atoms with Crippen LogP contribution in [0.15, 0.2) is 40.4 Å². The number of rotatable bonds is 3. The van der Waals surface area contributed by atoms with Gasteiger partial charge in [-0.2, -0.15) is 0 Å².